The quantitative estimate of drug-likeness (QED) is 0.207. The molecule has 206 valence electrons. The van der Waals surface area contributed by atoms with Crippen molar-refractivity contribution >= 4 is 30.0 Å². The van der Waals surface area contributed by atoms with Crippen molar-refractivity contribution in [3.05, 3.63) is 136 Å². The van der Waals surface area contributed by atoms with E-state index in [1.165, 1.54) is 12.1 Å². The average molecular weight is 571 g/mol. The van der Waals surface area contributed by atoms with Crippen molar-refractivity contribution in [2.45, 2.75) is 26.1 Å². The first-order valence-corrected chi connectivity index (χ1v) is 13.4. The SMILES string of the molecule is Cc1cc(Cl)ccc1-c1cn(CC2=CC=C(C=O)C=CC2)c(/C=C/c2ccc(-c3ccc(C(F)(F)F)cc3)cc2)n1. The Labute approximate surface area is 241 Å². The zero-order valence-electron chi connectivity index (χ0n) is 22.2. The Balaban J connectivity index is 1.42. The number of carbonyl (C=O) groups is 1. The molecule has 4 aromatic rings. The lowest BCUT2D eigenvalue weighted by Crippen LogP contribution is -2.03. The first kappa shape index (κ1) is 28.1. The summed E-state index contributed by atoms with van der Waals surface area (Å²) in [7, 11) is 0. The number of alkyl halides is 3. The van der Waals surface area contributed by atoms with E-state index in [1.54, 1.807) is 0 Å². The summed E-state index contributed by atoms with van der Waals surface area (Å²) in [6.07, 6.45) is 10.7. The Morgan fingerprint density at radius 2 is 1.66 bits per heavy atom. The first-order valence-electron chi connectivity index (χ1n) is 13.0. The number of hydrogen-bond acceptors (Lipinski definition) is 2. The molecule has 0 aliphatic heterocycles. The van der Waals surface area contributed by atoms with Gasteiger partial charge < -0.3 is 4.57 Å². The molecule has 1 aromatic heterocycles. The van der Waals surface area contributed by atoms with E-state index in [0.717, 1.165) is 64.2 Å². The van der Waals surface area contributed by atoms with E-state index >= 15 is 0 Å². The Bertz CT molecular complexity index is 1690. The van der Waals surface area contributed by atoms with Crippen molar-refractivity contribution in [2.75, 3.05) is 0 Å². The van der Waals surface area contributed by atoms with E-state index in [9.17, 15) is 18.0 Å². The fraction of sp³-hybridized carbons (Fsp3) is 0.118. The van der Waals surface area contributed by atoms with Gasteiger partial charge in [-0.2, -0.15) is 13.2 Å². The largest absolute Gasteiger partial charge is 0.416 e. The summed E-state index contributed by atoms with van der Waals surface area (Å²) in [5, 5.41) is 0.665. The van der Waals surface area contributed by atoms with Gasteiger partial charge in [0.25, 0.3) is 0 Å². The first-order chi connectivity index (χ1) is 19.7. The van der Waals surface area contributed by atoms with Crippen molar-refractivity contribution in [2.24, 2.45) is 0 Å². The molecule has 0 spiro atoms. The predicted octanol–water partition coefficient (Wildman–Crippen LogP) is 9.38. The number of allylic oxidation sites excluding steroid dienone is 6. The minimum absolute atomic E-state index is 0.596. The molecular weight excluding hydrogens is 545 g/mol. The topological polar surface area (TPSA) is 34.9 Å². The Kier molecular flexibility index (Phi) is 8.22. The van der Waals surface area contributed by atoms with E-state index in [1.807, 2.05) is 92.0 Å². The van der Waals surface area contributed by atoms with E-state index in [2.05, 4.69) is 4.57 Å². The minimum Gasteiger partial charge on any atom is -0.327 e. The van der Waals surface area contributed by atoms with Crippen LogP contribution in [0.2, 0.25) is 5.02 Å². The highest BCUT2D eigenvalue weighted by Crippen LogP contribution is 2.31. The molecule has 5 rings (SSSR count). The van der Waals surface area contributed by atoms with Gasteiger partial charge in [-0.1, -0.05) is 84.4 Å². The van der Waals surface area contributed by atoms with Gasteiger partial charge in [0.15, 0.2) is 0 Å². The third-order valence-corrected chi connectivity index (χ3v) is 7.10. The summed E-state index contributed by atoms with van der Waals surface area (Å²) in [5.74, 6) is 0.759. The third-order valence-electron chi connectivity index (χ3n) is 6.86. The van der Waals surface area contributed by atoms with Gasteiger partial charge >= 0.3 is 6.18 Å². The van der Waals surface area contributed by atoms with E-state index in [0.29, 0.717) is 22.7 Å². The fourth-order valence-corrected chi connectivity index (χ4v) is 4.87. The maximum absolute atomic E-state index is 12.9. The number of nitrogens with zero attached hydrogens (tertiary/aromatic N) is 2. The number of hydrogen-bond donors (Lipinski definition) is 0. The number of carbonyl (C=O) groups excluding carboxylic acids is 1. The average Bonchev–Trinajstić information content (AvgIpc) is 3.20. The van der Waals surface area contributed by atoms with Crippen LogP contribution in [-0.4, -0.2) is 15.8 Å². The molecule has 41 heavy (non-hydrogen) atoms. The second-order valence-electron chi connectivity index (χ2n) is 9.82. The lowest BCUT2D eigenvalue weighted by Gasteiger charge is -2.08. The van der Waals surface area contributed by atoms with Gasteiger partial charge in [-0.25, -0.2) is 4.98 Å². The van der Waals surface area contributed by atoms with Crippen LogP contribution >= 0.6 is 11.6 Å². The van der Waals surface area contributed by atoms with Gasteiger partial charge in [0.05, 0.1) is 11.3 Å². The summed E-state index contributed by atoms with van der Waals surface area (Å²) < 4.78 is 40.8. The molecule has 7 heteroatoms. The summed E-state index contributed by atoms with van der Waals surface area (Å²) in [6, 6.07) is 18.5. The lowest BCUT2D eigenvalue weighted by atomic mass is 10.0. The van der Waals surface area contributed by atoms with Crippen LogP contribution in [0.25, 0.3) is 34.5 Å². The van der Waals surface area contributed by atoms with Crippen LogP contribution in [0.1, 0.15) is 28.9 Å². The summed E-state index contributed by atoms with van der Waals surface area (Å²) in [5.41, 5.74) is 6.39. The molecule has 1 aliphatic carbocycles. The van der Waals surface area contributed by atoms with Crippen molar-refractivity contribution in [1.29, 1.82) is 0 Å². The van der Waals surface area contributed by atoms with Crippen LogP contribution in [-0.2, 0) is 17.5 Å². The molecule has 0 saturated carbocycles. The zero-order chi connectivity index (χ0) is 29.0. The van der Waals surface area contributed by atoms with Crippen LogP contribution in [0.4, 0.5) is 13.2 Å². The van der Waals surface area contributed by atoms with Gasteiger partial charge in [0.1, 0.15) is 12.1 Å². The molecule has 3 nitrogen and oxygen atoms in total. The fourth-order valence-electron chi connectivity index (χ4n) is 4.64. The normalized spacial score (nSPS) is 13.7. The maximum atomic E-state index is 12.9. The van der Waals surface area contributed by atoms with Gasteiger partial charge in [-0.3, -0.25) is 4.79 Å². The lowest BCUT2D eigenvalue weighted by molar-refractivity contribution is -0.137. The van der Waals surface area contributed by atoms with Crippen LogP contribution in [0.5, 0.6) is 0 Å². The van der Waals surface area contributed by atoms with Crippen molar-refractivity contribution in [3.63, 3.8) is 0 Å². The smallest absolute Gasteiger partial charge is 0.327 e. The Morgan fingerprint density at radius 1 is 0.951 bits per heavy atom. The summed E-state index contributed by atoms with van der Waals surface area (Å²) >= 11 is 6.18. The van der Waals surface area contributed by atoms with Crippen molar-refractivity contribution in [1.82, 2.24) is 9.55 Å². The zero-order valence-corrected chi connectivity index (χ0v) is 23.0. The Morgan fingerprint density at radius 3 is 2.32 bits per heavy atom. The van der Waals surface area contributed by atoms with Crippen molar-refractivity contribution in [3.8, 4) is 22.4 Å². The number of halogens is 4. The van der Waals surface area contributed by atoms with Gasteiger partial charge in [-0.15, -0.1) is 0 Å². The molecule has 0 N–H and O–H groups in total. The molecule has 0 atom stereocenters. The second-order valence-corrected chi connectivity index (χ2v) is 10.3. The van der Waals surface area contributed by atoms with E-state index < -0.39 is 11.7 Å². The summed E-state index contributed by atoms with van der Waals surface area (Å²) in [6.45, 7) is 2.59. The van der Waals surface area contributed by atoms with Crippen LogP contribution in [0, 0.1) is 6.92 Å². The summed E-state index contributed by atoms with van der Waals surface area (Å²) in [4.78, 5) is 16.1. The molecule has 0 saturated heterocycles. The molecule has 1 heterocycles. The number of aldehydes is 1. The van der Waals surface area contributed by atoms with Gasteiger partial charge in [0, 0.05) is 28.9 Å². The predicted molar refractivity (Wildman–Crippen MR) is 159 cm³/mol. The highest BCUT2D eigenvalue weighted by Gasteiger charge is 2.29. The van der Waals surface area contributed by atoms with Crippen LogP contribution in [0.15, 0.2) is 108 Å². The van der Waals surface area contributed by atoms with Crippen LogP contribution < -0.4 is 0 Å². The van der Waals surface area contributed by atoms with E-state index in [4.69, 9.17) is 16.6 Å². The number of aromatic nitrogens is 2. The molecule has 0 radical (unpaired) electrons. The Hall–Kier alpha value is -4.42. The molecule has 0 fully saturated rings. The molecule has 0 amide bonds. The van der Waals surface area contributed by atoms with Gasteiger partial charge in [-0.05, 0) is 71.5 Å². The molecule has 3 aromatic carbocycles. The van der Waals surface area contributed by atoms with E-state index in [-0.39, 0.29) is 0 Å². The number of aryl methyl sites for hydroxylation is 1. The number of rotatable bonds is 7. The number of benzene rings is 3. The molecular formula is C34H26ClF3N2O. The van der Waals surface area contributed by atoms with Crippen molar-refractivity contribution < 1.29 is 18.0 Å². The highest BCUT2D eigenvalue weighted by atomic mass is 35.5. The monoisotopic (exact) mass is 570 g/mol. The third kappa shape index (κ3) is 6.84. The molecule has 1 aliphatic rings. The minimum atomic E-state index is -4.36. The highest BCUT2D eigenvalue weighted by molar-refractivity contribution is 6.30. The molecule has 0 bridgehead atoms. The standard InChI is InChI=1S/C34H26ClF3N2O/c1-23-19-30(35)16-17-31(23)32-21-40(20-25-3-2-4-26(22-41)6-5-25)33(39-32)18-9-24-7-10-27(11-8-24)28-12-14-29(15-13-28)34(36,37)38/h2,4-19,21-22H,3,20H2,1H3/b18-9+. The van der Waals surface area contributed by atoms with Crippen LogP contribution in [0.3, 0.4) is 0 Å². The maximum Gasteiger partial charge on any atom is 0.416 e. The molecule has 0 unspecified atom stereocenters. The number of imidazole rings is 1. The van der Waals surface area contributed by atoms with Gasteiger partial charge in [0.2, 0.25) is 0 Å². The second kappa shape index (κ2) is 12.0.